The minimum Gasteiger partial charge on any atom is -0.497 e. The number of nitrogen functional groups attached to an aromatic ring is 1. The second-order valence-electron chi connectivity index (χ2n) is 4.36. The van der Waals surface area contributed by atoms with E-state index in [-0.39, 0.29) is 16.3 Å². The molecule has 0 atom stereocenters. The summed E-state index contributed by atoms with van der Waals surface area (Å²) in [6.07, 6.45) is 0. The summed E-state index contributed by atoms with van der Waals surface area (Å²) in [5, 5.41) is 0. The highest BCUT2D eigenvalue weighted by Crippen LogP contribution is 2.28. The number of rotatable bonds is 4. The maximum atomic E-state index is 13.2. The number of nitrogens with two attached hydrogens (primary N) is 1. The molecule has 0 aliphatic carbocycles. The lowest BCUT2D eigenvalue weighted by molar-refractivity contribution is 0.414. The van der Waals surface area contributed by atoms with Gasteiger partial charge in [0.2, 0.25) is 0 Å². The number of halogens is 1. The molecule has 112 valence electrons. The molecule has 0 aliphatic rings. The average Bonchev–Trinajstić information content (AvgIpc) is 2.45. The van der Waals surface area contributed by atoms with Crippen molar-refractivity contribution < 1.29 is 17.5 Å². The summed E-state index contributed by atoms with van der Waals surface area (Å²) in [5.74, 6) is -0.0582. The Morgan fingerprint density at radius 1 is 1.19 bits per heavy atom. The van der Waals surface area contributed by atoms with Crippen LogP contribution in [0.2, 0.25) is 0 Å². The van der Waals surface area contributed by atoms with Crippen LogP contribution in [-0.4, -0.2) is 22.6 Å². The van der Waals surface area contributed by atoms with Gasteiger partial charge in [-0.2, -0.15) is 0 Å². The number of anilines is 2. The molecule has 0 fully saturated rings. The van der Waals surface area contributed by atoms with Crippen molar-refractivity contribution in [1.29, 1.82) is 0 Å². The first-order chi connectivity index (χ1) is 9.86. The number of ether oxygens (including phenoxy) is 1. The smallest absolute Gasteiger partial charge is 0.266 e. The molecule has 2 aromatic rings. The predicted molar refractivity (Wildman–Crippen MR) is 79.4 cm³/mol. The number of methoxy groups -OCH3 is 1. The van der Waals surface area contributed by atoms with Gasteiger partial charge in [-0.3, -0.25) is 4.31 Å². The molecule has 5 nitrogen and oxygen atoms in total. The molecule has 0 heterocycles. The molecular weight excluding hydrogens is 295 g/mol. The highest BCUT2D eigenvalue weighted by atomic mass is 32.2. The number of hydrogen-bond acceptors (Lipinski definition) is 4. The Kier molecular flexibility index (Phi) is 4.04. The average molecular weight is 310 g/mol. The molecular formula is C14H15FN2O3S. The van der Waals surface area contributed by atoms with Gasteiger partial charge in [0, 0.05) is 13.1 Å². The Morgan fingerprint density at radius 2 is 1.90 bits per heavy atom. The molecule has 0 amide bonds. The summed E-state index contributed by atoms with van der Waals surface area (Å²) in [4.78, 5) is -0.0601. The fraction of sp³-hybridized carbons (Fsp3) is 0.143. The van der Waals surface area contributed by atoms with Gasteiger partial charge in [-0.05, 0) is 30.3 Å². The lowest BCUT2D eigenvalue weighted by atomic mass is 10.3. The van der Waals surface area contributed by atoms with E-state index in [0.29, 0.717) is 5.75 Å². The summed E-state index contributed by atoms with van der Waals surface area (Å²) in [5.41, 5.74) is 6.05. The molecule has 2 rings (SSSR count). The highest BCUT2D eigenvalue weighted by molar-refractivity contribution is 7.93. The molecule has 0 unspecified atom stereocenters. The Labute approximate surface area is 122 Å². The van der Waals surface area contributed by atoms with E-state index in [4.69, 9.17) is 10.5 Å². The minimum absolute atomic E-state index is 0.0601. The lowest BCUT2D eigenvalue weighted by Crippen LogP contribution is -2.27. The summed E-state index contributed by atoms with van der Waals surface area (Å²) in [6.45, 7) is 0. The molecule has 0 bridgehead atoms. The van der Waals surface area contributed by atoms with Crippen LogP contribution >= 0.6 is 0 Å². The fourth-order valence-corrected chi connectivity index (χ4v) is 3.13. The van der Waals surface area contributed by atoms with Gasteiger partial charge in [-0.15, -0.1) is 0 Å². The van der Waals surface area contributed by atoms with Crippen LogP contribution in [0.1, 0.15) is 0 Å². The quantitative estimate of drug-likeness (QED) is 0.879. The van der Waals surface area contributed by atoms with Crippen LogP contribution in [0.3, 0.4) is 0 Å². The summed E-state index contributed by atoms with van der Waals surface area (Å²) in [7, 11) is -1.08. The van der Waals surface area contributed by atoms with Gasteiger partial charge in [0.15, 0.2) is 0 Å². The van der Waals surface area contributed by atoms with E-state index < -0.39 is 15.8 Å². The van der Waals surface area contributed by atoms with Crippen molar-refractivity contribution in [3.05, 3.63) is 48.3 Å². The van der Waals surface area contributed by atoms with Crippen LogP contribution in [0, 0.1) is 5.82 Å². The molecule has 0 aliphatic heterocycles. The maximum Gasteiger partial charge on any atom is 0.266 e. The summed E-state index contributed by atoms with van der Waals surface area (Å²) in [6, 6.07) is 9.60. The van der Waals surface area contributed by atoms with Gasteiger partial charge in [0.1, 0.15) is 16.5 Å². The van der Waals surface area contributed by atoms with Gasteiger partial charge in [-0.25, -0.2) is 12.8 Å². The number of sulfonamides is 1. The Hall–Kier alpha value is -2.28. The third-order valence-corrected chi connectivity index (χ3v) is 4.89. The third-order valence-electron chi connectivity index (χ3n) is 3.03. The van der Waals surface area contributed by atoms with E-state index in [1.807, 2.05) is 0 Å². The monoisotopic (exact) mass is 310 g/mol. The molecule has 7 heteroatoms. The molecule has 2 N–H and O–H groups in total. The Morgan fingerprint density at radius 3 is 2.48 bits per heavy atom. The first kappa shape index (κ1) is 15.1. The molecule has 0 spiro atoms. The SMILES string of the molecule is COc1ccc(S(=O)(=O)N(C)c2cccc(F)c2)c(N)c1. The second-order valence-corrected chi connectivity index (χ2v) is 6.29. The van der Waals surface area contributed by atoms with Crippen LogP contribution in [-0.2, 0) is 10.0 Å². The second kappa shape index (κ2) is 5.61. The maximum absolute atomic E-state index is 13.2. The van der Waals surface area contributed by atoms with Gasteiger partial charge >= 0.3 is 0 Å². The van der Waals surface area contributed by atoms with Crippen LogP contribution in [0.4, 0.5) is 15.8 Å². The first-order valence-electron chi connectivity index (χ1n) is 6.04. The molecule has 0 saturated heterocycles. The third kappa shape index (κ3) is 2.92. The molecule has 2 aromatic carbocycles. The topological polar surface area (TPSA) is 72.6 Å². The fourth-order valence-electron chi connectivity index (χ4n) is 1.85. The summed E-state index contributed by atoms with van der Waals surface area (Å²) < 4.78 is 44.3. The highest BCUT2D eigenvalue weighted by Gasteiger charge is 2.24. The van der Waals surface area contributed by atoms with Gasteiger partial charge in [0.25, 0.3) is 10.0 Å². The molecule has 0 saturated carbocycles. The Balaban J connectivity index is 2.47. The Bertz CT molecular complexity index is 763. The van der Waals surface area contributed by atoms with Crippen LogP contribution in [0.25, 0.3) is 0 Å². The normalized spacial score (nSPS) is 11.2. The van der Waals surface area contributed by atoms with E-state index in [9.17, 15) is 12.8 Å². The lowest BCUT2D eigenvalue weighted by Gasteiger charge is -2.20. The zero-order valence-electron chi connectivity index (χ0n) is 11.6. The number of hydrogen-bond donors (Lipinski definition) is 1. The standard InChI is InChI=1S/C14H15FN2O3S/c1-17(11-5-3-4-10(15)8-11)21(18,19)14-7-6-12(20-2)9-13(14)16/h3-9H,16H2,1-2H3. The van der Waals surface area contributed by atoms with Crippen molar-refractivity contribution in [3.63, 3.8) is 0 Å². The van der Waals surface area contributed by atoms with Crippen LogP contribution < -0.4 is 14.8 Å². The van der Waals surface area contributed by atoms with E-state index in [2.05, 4.69) is 0 Å². The van der Waals surface area contributed by atoms with Crippen LogP contribution in [0.15, 0.2) is 47.4 Å². The zero-order chi connectivity index (χ0) is 15.6. The summed E-state index contributed by atoms with van der Waals surface area (Å²) >= 11 is 0. The zero-order valence-corrected chi connectivity index (χ0v) is 12.4. The first-order valence-corrected chi connectivity index (χ1v) is 7.48. The van der Waals surface area contributed by atoms with E-state index in [0.717, 1.165) is 10.4 Å². The predicted octanol–water partition coefficient (Wildman–Crippen LogP) is 2.24. The van der Waals surface area contributed by atoms with E-state index in [1.54, 1.807) is 0 Å². The van der Waals surface area contributed by atoms with Crippen molar-refractivity contribution >= 4 is 21.4 Å². The van der Waals surface area contributed by atoms with Crippen molar-refractivity contribution in [2.45, 2.75) is 4.90 Å². The van der Waals surface area contributed by atoms with E-state index >= 15 is 0 Å². The minimum atomic E-state index is -3.88. The molecule has 0 radical (unpaired) electrons. The van der Waals surface area contributed by atoms with Crippen molar-refractivity contribution in [3.8, 4) is 5.75 Å². The van der Waals surface area contributed by atoms with E-state index in [1.165, 1.54) is 50.6 Å². The van der Waals surface area contributed by atoms with Crippen molar-refractivity contribution in [1.82, 2.24) is 0 Å². The van der Waals surface area contributed by atoms with Gasteiger partial charge in [0.05, 0.1) is 18.5 Å². The molecule has 21 heavy (non-hydrogen) atoms. The van der Waals surface area contributed by atoms with Crippen molar-refractivity contribution in [2.75, 3.05) is 24.2 Å². The molecule has 0 aromatic heterocycles. The number of nitrogens with zero attached hydrogens (tertiary/aromatic N) is 1. The van der Waals surface area contributed by atoms with Crippen LogP contribution in [0.5, 0.6) is 5.75 Å². The van der Waals surface area contributed by atoms with Gasteiger partial charge < -0.3 is 10.5 Å². The van der Waals surface area contributed by atoms with Gasteiger partial charge in [-0.1, -0.05) is 6.07 Å². The number of benzene rings is 2. The van der Waals surface area contributed by atoms with Crippen molar-refractivity contribution in [2.24, 2.45) is 0 Å². The largest absolute Gasteiger partial charge is 0.497 e.